The van der Waals surface area contributed by atoms with Crippen LogP contribution in [0.1, 0.15) is 0 Å². The van der Waals surface area contributed by atoms with Crippen molar-refractivity contribution in [2.24, 2.45) is 0 Å². The summed E-state index contributed by atoms with van der Waals surface area (Å²) in [6, 6.07) is 15.8. The first-order chi connectivity index (χ1) is 11.2. The third-order valence-electron chi connectivity index (χ3n) is 4.00. The van der Waals surface area contributed by atoms with Gasteiger partial charge in [0.1, 0.15) is 5.52 Å². The second-order valence-corrected chi connectivity index (χ2v) is 7.17. The van der Waals surface area contributed by atoms with Crippen LogP contribution in [0.5, 0.6) is 0 Å². The second kappa shape index (κ2) is 5.58. The smallest absolute Gasteiger partial charge is 0.250 e. The number of hydrogen-bond donors (Lipinski definition) is 0. The number of nitrogens with zero attached hydrogens (tertiary/aromatic N) is 1. The van der Waals surface area contributed by atoms with Crippen LogP contribution in [0.25, 0.3) is 31.2 Å². The average Bonchev–Trinajstić information content (AvgIpc) is 2.57. The van der Waals surface area contributed by atoms with Gasteiger partial charge in [-0.15, -0.1) is 11.3 Å². The van der Waals surface area contributed by atoms with E-state index in [2.05, 4.69) is 22.0 Å². The van der Waals surface area contributed by atoms with Crippen molar-refractivity contribution in [2.75, 3.05) is 5.33 Å². The molecule has 0 aliphatic heterocycles. The number of aromatic nitrogens is 1. The molecule has 0 saturated heterocycles. The molecule has 0 aliphatic rings. The van der Waals surface area contributed by atoms with Crippen molar-refractivity contribution in [3.63, 3.8) is 0 Å². The molecule has 0 unspecified atom stereocenters. The lowest BCUT2D eigenvalue weighted by Gasteiger charge is -2.13. The number of alkyl halides is 1. The summed E-state index contributed by atoms with van der Waals surface area (Å²) in [6.45, 7) is 0.637. The lowest BCUT2D eigenvalue weighted by Crippen LogP contribution is -2.33. The Kier molecular flexibility index (Phi) is 3.54. The molecule has 0 aliphatic carbocycles. The highest BCUT2D eigenvalue weighted by molar-refractivity contribution is 9.09. The minimum atomic E-state index is -0.391. The maximum Gasteiger partial charge on any atom is 0.250 e. The molecule has 0 N–H and O–H groups in total. The zero-order valence-corrected chi connectivity index (χ0v) is 14.5. The van der Waals surface area contributed by atoms with Gasteiger partial charge in [0.25, 0.3) is 5.43 Å². The molecule has 0 amide bonds. The van der Waals surface area contributed by atoms with Crippen molar-refractivity contribution < 1.29 is 0 Å². The van der Waals surface area contributed by atoms with E-state index < -0.39 is 5.43 Å². The van der Waals surface area contributed by atoms with Gasteiger partial charge >= 0.3 is 0 Å². The summed E-state index contributed by atoms with van der Waals surface area (Å²) in [5.41, 5.74) is 0.721. The summed E-state index contributed by atoms with van der Waals surface area (Å²) in [7, 11) is 0. The van der Waals surface area contributed by atoms with Crippen molar-refractivity contribution in [1.82, 2.24) is 4.57 Å². The van der Waals surface area contributed by atoms with E-state index in [0.29, 0.717) is 22.8 Å². The number of rotatable bonds is 2. The van der Waals surface area contributed by atoms with Gasteiger partial charge < -0.3 is 4.57 Å². The third kappa shape index (κ3) is 2.15. The molecule has 0 spiro atoms. The highest BCUT2D eigenvalue weighted by atomic mass is 79.9. The van der Waals surface area contributed by atoms with Gasteiger partial charge in [0.05, 0.1) is 15.6 Å². The molecule has 0 atom stereocenters. The molecule has 4 aromatic rings. The third-order valence-corrected chi connectivity index (χ3v) is 5.49. The van der Waals surface area contributed by atoms with Gasteiger partial charge in [-0.2, -0.15) is 0 Å². The predicted octanol–water partition coefficient (Wildman–Crippen LogP) is 4.12. The van der Waals surface area contributed by atoms with E-state index in [1.54, 1.807) is 11.3 Å². The molecule has 0 fully saturated rings. The molecule has 3 nitrogen and oxygen atoms in total. The molecular weight excluding hydrogens is 374 g/mol. The van der Waals surface area contributed by atoms with Crippen LogP contribution in [0, 0.1) is 0 Å². The molecule has 0 bridgehead atoms. The minimum Gasteiger partial charge on any atom is -0.336 e. The largest absolute Gasteiger partial charge is 0.336 e. The van der Waals surface area contributed by atoms with E-state index in [1.807, 2.05) is 47.0 Å². The zero-order valence-electron chi connectivity index (χ0n) is 12.1. The van der Waals surface area contributed by atoms with Gasteiger partial charge in [-0.1, -0.05) is 46.3 Å². The molecule has 1 heterocycles. The number of aryl methyl sites for hydroxylation is 1. The Morgan fingerprint density at radius 1 is 0.913 bits per heavy atom. The van der Waals surface area contributed by atoms with E-state index in [-0.39, 0.29) is 5.43 Å². The Labute approximate surface area is 143 Å². The fourth-order valence-electron chi connectivity index (χ4n) is 2.97. The summed E-state index contributed by atoms with van der Waals surface area (Å²) in [6.07, 6.45) is 0. The van der Waals surface area contributed by atoms with E-state index in [9.17, 15) is 9.59 Å². The highest BCUT2D eigenvalue weighted by Gasteiger charge is 2.18. The number of hydrogen-bond acceptors (Lipinski definition) is 3. The minimum absolute atomic E-state index is 0.382. The monoisotopic (exact) mass is 385 g/mol. The van der Waals surface area contributed by atoms with Gasteiger partial charge in [-0.25, -0.2) is 0 Å². The van der Waals surface area contributed by atoms with Gasteiger partial charge in [0.15, 0.2) is 0 Å². The number of para-hydroxylation sites is 1. The van der Waals surface area contributed by atoms with Crippen LogP contribution in [0.15, 0.2) is 58.1 Å². The van der Waals surface area contributed by atoms with E-state index in [4.69, 9.17) is 0 Å². The first-order valence-electron chi connectivity index (χ1n) is 7.25. The lowest BCUT2D eigenvalue weighted by atomic mass is 10.1. The van der Waals surface area contributed by atoms with Crippen LogP contribution in [0.3, 0.4) is 0 Å². The molecule has 1 aromatic heterocycles. The summed E-state index contributed by atoms with van der Waals surface area (Å²) in [4.78, 5) is 24.5. The molecule has 23 heavy (non-hydrogen) atoms. The maximum absolute atomic E-state index is 12.3. The Bertz CT molecular complexity index is 1180. The first kappa shape index (κ1) is 14.6. The van der Waals surface area contributed by atoms with E-state index in [1.165, 1.54) is 0 Å². The predicted molar refractivity (Wildman–Crippen MR) is 101 cm³/mol. The Balaban J connectivity index is 2.40. The SMILES string of the molecule is O=c1c(=O)c2c1c1ccccc1sc1ccccc1n2CCBr. The van der Waals surface area contributed by atoms with Crippen LogP contribution >= 0.6 is 27.3 Å². The van der Waals surface area contributed by atoms with Crippen LogP contribution < -0.4 is 10.9 Å². The lowest BCUT2D eigenvalue weighted by molar-refractivity contribution is 0.833. The Hall–Kier alpha value is -1.98. The molecular formula is C18H12BrNO2S. The van der Waals surface area contributed by atoms with E-state index >= 15 is 0 Å². The first-order valence-corrected chi connectivity index (χ1v) is 9.19. The summed E-state index contributed by atoms with van der Waals surface area (Å²) in [5, 5.41) is 2.12. The Morgan fingerprint density at radius 2 is 1.61 bits per heavy atom. The van der Waals surface area contributed by atoms with E-state index in [0.717, 1.165) is 20.3 Å². The number of benzene rings is 2. The quantitative estimate of drug-likeness (QED) is 0.384. The topological polar surface area (TPSA) is 39.1 Å². The fraction of sp³-hybridized carbons (Fsp3) is 0.111. The fourth-order valence-corrected chi connectivity index (χ4v) is 4.42. The van der Waals surface area contributed by atoms with Gasteiger partial charge in [-0.05, 0) is 18.2 Å². The van der Waals surface area contributed by atoms with Crippen molar-refractivity contribution in [3.8, 4) is 0 Å². The van der Waals surface area contributed by atoms with Gasteiger partial charge in [0.2, 0.25) is 5.43 Å². The van der Waals surface area contributed by atoms with Gasteiger partial charge in [0, 0.05) is 22.0 Å². The Morgan fingerprint density at radius 3 is 2.39 bits per heavy atom. The summed E-state index contributed by atoms with van der Waals surface area (Å²) in [5.74, 6) is 0. The normalized spacial score (nSPS) is 11.5. The van der Waals surface area contributed by atoms with Crippen LogP contribution in [0.4, 0.5) is 0 Å². The zero-order chi connectivity index (χ0) is 16.0. The van der Waals surface area contributed by atoms with Crippen LogP contribution in [-0.2, 0) is 6.54 Å². The molecule has 114 valence electrons. The average molecular weight is 386 g/mol. The van der Waals surface area contributed by atoms with Crippen LogP contribution in [-0.4, -0.2) is 9.90 Å². The molecule has 0 radical (unpaired) electrons. The maximum atomic E-state index is 12.3. The second-order valence-electron chi connectivity index (χ2n) is 5.29. The van der Waals surface area contributed by atoms with Crippen LogP contribution in [0.2, 0.25) is 0 Å². The van der Waals surface area contributed by atoms with Crippen molar-refractivity contribution >= 4 is 58.5 Å². The molecule has 3 aromatic carbocycles. The molecule has 5 heteroatoms. The standard InChI is InChI=1S/C18H12BrNO2S/c19-9-10-20-12-6-2-4-8-14(12)23-13-7-3-1-5-11(13)15-16(20)18(22)17(15)21/h1-8H,9-10H2. The number of fused-ring (bicyclic) bond motifs is 4. The molecule has 0 saturated carbocycles. The van der Waals surface area contributed by atoms with Crippen molar-refractivity contribution in [1.29, 1.82) is 0 Å². The summed E-state index contributed by atoms with van der Waals surface area (Å²) >= 11 is 5.09. The highest BCUT2D eigenvalue weighted by Crippen LogP contribution is 2.28. The van der Waals surface area contributed by atoms with Crippen molar-refractivity contribution in [2.45, 2.75) is 6.54 Å². The van der Waals surface area contributed by atoms with Crippen molar-refractivity contribution in [3.05, 3.63) is 69.0 Å². The number of halogens is 1. The van der Waals surface area contributed by atoms with Gasteiger partial charge in [-0.3, -0.25) is 9.59 Å². The molecule has 4 rings (SSSR count). The summed E-state index contributed by atoms with van der Waals surface area (Å²) < 4.78 is 4.05.